The number of hydrogen-bond donors (Lipinski definition) is 0. The van der Waals surface area contributed by atoms with Gasteiger partial charge in [-0.25, -0.2) is 0 Å². The van der Waals surface area contributed by atoms with Crippen LogP contribution in [0.2, 0.25) is 11.6 Å². The average molecular weight is 168 g/mol. The Morgan fingerprint density at radius 1 is 1.45 bits per heavy atom. The Bertz CT molecular complexity index is 84.9. The van der Waals surface area contributed by atoms with Gasteiger partial charge >= 0.3 is 0 Å². The van der Waals surface area contributed by atoms with E-state index in [-0.39, 0.29) is 9.52 Å². The van der Waals surface area contributed by atoms with Crippen LogP contribution in [0.1, 0.15) is 39.0 Å². The Kier molecular flexibility index (Phi) is 4.92. The van der Waals surface area contributed by atoms with Crippen molar-refractivity contribution < 1.29 is 0 Å². The fourth-order valence-corrected chi connectivity index (χ4v) is 4.03. The van der Waals surface area contributed by atoms with Crippen LogP contribution in [0.25, 0.3) is 0 Å². The second-order valence-electron chi connectivity index (χ2n) is 3.59. The Labute approximate surface area is 73.6 Å². The minimum absolute atomic E-state index is 0.268. The molecule has 0 aromatic heterocycles. The van der Waals surface area contributed by atoms with Crippen molar-refractivity contribution in [2.75, 3.05) is 0 Å². The summed E-state index contributed by atoms with van der Waals surface area (Å²) in [6.45, 7) is 2.30. The van der Waals surface area contributed by atoms with Crippen LogP contribution in [0, 0.1) is 12.8 Å². The summed E-state index contributed by atoms with van der Waals surface area (Å²) >= 11 is 0. The minimum Gasteiger partial charge on any atom is -0.0654 e. The summed E-state index contributed by atoms with van der Waals surface area (Å²) in [6.07, 6.45) is 12.1. The van der Waals surface area contributed by atoms with Gasteiger partial charge in [-0.1, -0.05) is 25.8 Å². The van der Waals surface area contributed by atoms with Gasteiger partial charge in [-0.15, -0.1) is 0 Å². The summed E-state index contributed by atoms with van der Waals surface area (Å²) in [4.78, 5) is 0. The van der Waals surface area contributed by atoms with Gasteiger partial charge in [0.1, 0.15) is 0 Å². The first-order valence-corrected chi connectivity index (χ1v) is 6.90. The predicted octanol–water partition coefficient (Wildman–Crippen LogP) is 2.75. The molecule has 1 aliphatic rings. The third kappa shape index (κ3) is 3.95. The van der Waals surface area contributed by atoms with Crippen molar-refractivity contribution in [1.29, 1.82) is 0 Å². The molecule has 2 radical (unpaired) electrons. The molecule has 0 aromatic rings. The molecule has 0 bridgehead atoms. The van der Waals surface area contributed by atoms with Crippen LogP contribution in [0.15, 0.2) is 0 Å². The van der Waals surface area contributed by atoms with Gasteiger partial charge in [-0.2, -0.15) is 0 Å². The van der Waals surface area contributed by atoms with Crippen molar-refractivity contribution in [2.45, 2.75) is 50.6 Å². The number of rotatable bonds is 4. The van der Waals surface area contributed by atoms with Gasteiger partial charge in [-0.05, 0) is 37.6 Å². The zero-order chi connectivity index (χ0) is 7.94. The fraction of sp³-hybridized carbons (Fsp3) is 0.800. The first-order chi connectivity index (χ1) is 5.43. The minimum atomic E-state index is 0.268. The molecule has 0 heterocycles. The highest BCUT2D eigenvalue weighted by Crippen LogP contribution is 2.26. The smallest absolute Gasteiger partial charge is 0.0235 e. The van der Waals surface area contributed by atoms with Crippen molar-refractivity contribution in [3.05, 3.63) is 12.8 Å². The van der Waals surface area contributed by atoms with Gasteiger partial charge in [-0.3, -0.25) is 0 Å². The van der Waals surface area contributed by atoms with Gasteiger partial charge in [0.15, 0.2) is 0 Å². The molecular formula is C10H20Si. The molecule has 11 heavy (non-hydrogen) atoms. The molecule has 1 heteroatoms. The van der Waals surface area contributed by atoms with Crippen LogP contribution >= 0.6 is 0 Å². The van der Waals surface area contributed by atoms with E-state index in [0.29, 0.717) is 0 Å². The lowest BCUT2D eigenvalue weighted by atomic mass is 10.0. The Hall–Kier alpha value is 0.217. The summed E-state index contributed by atoms with van der Waals surface area (Å²) < 4.78 is 0. The van der Waals surface area contributed by atoms with E-state index in [1.807, 2.05) is 0 Å². The van der Waals surface area contributed by atoms with Crippen molar-refractivity contribution in [3.63, 3.8) is 0 Å². The zero-order valence-electron chi connectivity index (χ0n) is 7.68. The molecule has 0 saturated heterocycles. The Morgan fingerprint density at radius 3 is 3.00 bits per heavy atom. The van der Waals surface area contributed by atoms with Gasteiger partial charge in [0, 0.05) is 9.52 Å². The highest BCUT2D eigenvalue weighted by Gasteiger charge is 2.12. The quantitative estimate of drug-likeness (QED) is 0.447. The molecule has 1 unspecified atom stereocenters. The maximum Gasteiger partial charge on any atom is 0.0235 e. The molecule has 0 N–H and O–H groups in total. The molecule has 1 saturated carbocycles. The van der Waals surface area contributed by atoms with E-state index < -0.39 is 0 Å². The Balaban J connectivity index is 1.96. The lowest BCUT2D eigenvalue weighted by molar-refractivity contribution is 0.702. The van der Waals surface area contributed by atoms with E-state index in [1.165, 1.54) is 32.1 Å². The van der Waals surface area contributed by atoms with Crippen LogP contribution in [0.3, 0.4) is 0 Å². The standard InChI is InChI=1S/C10H20Si/c1-2-3-9-11-10-7-5-4-6-8-10/h5,8,10H,2-4,6-7,9,11H2,1H3. The zero-order valence-corrected chi connectivity index (χ0v) is 9.10. The van der Waals surface area contributed by atoms with E-state index in [1.54, 1.807) is 6.04 Å². The van der Waals surface area contributed by atoms with E-state index in [9.17, 15) is 0 Å². The van der Waals surface area contributed by atoms with Gasteiger partial charge in [0.05, 0.1) is 0 Å². The van der Waals surface area contributed by atoms with Crippen LogP contribution in [0.4, 0.5) is 0 Å². The second kappa shape index (κ2) is 5.82. The molecule has 1 rings (SSSR count). The predicted molar refractivity (Wildman–Crippen MR) is 54.5 cm³/mol. The van der Waals surface area contributed by atoms with Gasteiger partial charge in [0.25, 0.3) is 0 Å². The summed E-state index contributed by atoms with van der Waals surface area (Å²) in [6, 6.07) is 1.57. The average Bonchev–Trinajstić information content (AvgIpc) is 2.07. The first kappa shape index (κ1) is 9.31. The number of unbranched alkanes of at least 4 members (excludes halogenated alkanes) is 1. The molecule has 1 atom stereocenters. The largest absolute Gasteiger partial charge is 0.0654 e. The molecule has 0 spiro atoms. The maximum absolute atomic E-state index is 2.59. The monoisotopic (exact) mass is 168 g/mol. The maximum atomic E-state index is 2.59. The van der Waals surface area contributed by atoms with E-state index in [0.717, 1.165) is 5.54 Å². The number of hydrogen-bond acceptors (Lipinski definition) is 0. The van der Waals surface area contributed by atoms with E-state index >= 15 is 0 Å². The van der Waals surface area contributed by atoms with Crippen LogP contribution in [-0.4, -0.2) is 9.52 Å². The van der Waals surface area contributed by atoms with Crippen LogP contribution in [0.5, 0.6) is 0 Å². The summed E-state index contributed by atoms with van der Waals surface area (Å²) in [5.41, 5.74) is 1.07. The third-order valence-electron chi connectivity index (χ3n) is 2.52. The van der Waals surface area contributed by atoms with Crippen molar-refractivity contribution in [3.8, 4) is 0 Å². The normalized spacial score (nSPS) is 21.5. The fourth-order valence-electron chi connectivity index (χ4n) is 1.77. The highest BCUT2D eigenvalue weighted by molar-refractivity contribution is 6.38. The van der Waals surface area contributed by atoms with E-state index in [2.05, 4.69) is 19.8 Å². The van der Waals surface area contributed by atoms with Crippen molar-refractivity contribution in [1.82, 2.24) is 0 Å². The molecule has 64 valence electrons. The molecule has 0 amide bonds. The molecule has 0 aliphatic heterocycles. The lowest BCUT2D eigenvalue weighted by Crippen LogP contribution is -2.08. The molecule has 1 aliphatic carbocycles. The molecule has 0 aromatic carbocycles. The lowest BCUT2D eigenvalue weighted by Gasteiger charge is -2.19. The van der Waals surface area contributed by atoms with Crippen molar-refractivity contribution >= 4 is 9.52 Å². The Morgan fingerprint density at radius 2 is 2.36 bits per heavy atom. The van der Waals surface area contributed by atoms with Crippen molar-refractivity contribution in [2.24, 2.45) is 0 Å². The third-order valence-corrected chi connectivity index (χ3v) is 4.84. The van der Waals surface area contributed by atoms with Gasteiger partial charge < -0.3 is 0 Å². The summed E-state index contributed by atoms with van der Waals surface area (Å²) in [5.74, 6) is 0. The topological polar surface area (TPSA) is 0 Å². The summed E-state index contributed by atoms with van der Waals surface area (Å²) in [7, 11) is 0.268. The SMILES string of the molecule is CCCC[SiH2]C1[CH]CC[CH]C1. The second-order valence-corrected chi connectivity index (χ2v) is 5.93. The first-order valence-electron chi connectivity index (χ1n) is 5.08. The summed E-state index contributed by atoms with van der Waals surface area (Å²) in [5, 5.41) is 0. The van der Waals surface area contributed by atoms with Gasteiger partial charge in [0.2, 0.25) is 0 Å². The highest BCUT2D eigenvalue weighted by atomic mass is 28.2. The molecule has 0 nitrogen and oxygen atoms in total. The molecular weight excluding hydrogens is 148 g/mol. The van der Waals surface area contributed by atoms with E-state index in [4.69, 9.17) is 0 Å². The van der Waals surface area contributed by atoms with Crippen LogP contribution < -0.4 is 0 Å². The molecule has 1 fully saturated rings. The van der Waals surface area contributed by atoms with Crippen LogP contribution in [-0.2, 0) is 0 Å².